The molecule has 10 rings (SSSR count). The molecular formula is C55H47F6N11. The van der Waals surface area contributed by atoms with Gasteiger partial charge in [-0.1, -0.05) is 91.9 Å². The number of benzene rings is 4. The van der Waals surface area contributed by atoms with E-state index in [1.165, 1.54) is 12.1 Å². The number of halogens is 6. The Morgan fingerprint density at radius 2 is 0.944 bits per heavy atom. The van der Waals surface area contributed by atoms with Gasteiger partial charge in [0.15, 0.2) is 0 Å². The number of nitrogens with zero attached hydrogens (tertiary/aromatic N) is 8. The quantitative estimate of drug-likeness (QED) is 0.102. The molecule has 6 heterocycles. The van der Waals surface area contributed by atoms with Gasteiger partial charge >= 0.3 is 12.4 Å². The second-order valence-corrected chi connectivity index (χ2v) is 16.9. The van der Waals surface area contributed by atoms with Crippen molar-refractivity contribution >= 4 is 23.2 Å². The van der Waals surface area contributed by atoms with Crippen LogP contribution in [0.2, 0.25) is 0 Å². The van der Waals surface area contributed by atoms with Gasteiger partial charge in [0.2, 0.25) is 11.9 Å². The van der Waals surface area contributed by atoms with Gasteiger partial charge < -0.3 is 16.4 Å². The molecule has 11 nitrogen and oxygen atoms in total. The average molecular weight is 976 g/mol. The summed E-state index contributed by atoms with van der Waals surface area (Å²) in [6, 6.07) is 41.1. The minimum atomic E-state index is -4.47. The van der Waals surface area contributed by atoms with Crippen molar-refractivity contribution in [2.24, 2.45) is 5.73 Å². The van der Waals surface area contributed by atoms with E-state index >= 15 is 0 Å². The fourth-order valence-electron chi connectivity index (χ4n) is 8.26. The Bertz CT molecular complexity index is 3250. The fraction of sp³-hybridized carbons (Fsp3) is 0.164. The molecule has 0 bridgehead atoms. The van der Waals surface area contributed by atoms with E-state index in [9.17, 15) is 26.3 Å². The smallest absolute Gasteiger partial charge is 0.348 e. The Balaban J connectivity index is 0.000000178. The molecule has 0 saturated heterocycles. The number of nitrogens with one attached hydrogen (secondary N) is 2. The number of anilines is 2. The van der Waals surface area contributed by atoms with Crippen molar-refractivity contribution in [1.82, 2.24) is 38.7 Å². The van der Waals surface area contributed by atoms with E-state index in [0.29, 0.717) is 75.0 Å². The molecular weight excluding hydrogens is 929 g/mol. The van der Waals surface area contributed by atoms with Crippen LogP contribution in [0.4, 0.5) is 38.2 Å². The molecule has 0 unspecified atom stereocenters. The molecule has 0 aliphatic heterocycles. The summed E-state index contributed by atoms with van der Waals surface area (Å²) in [6.07, 6.45) is -1.17. The van der Waals surface area contributed by atoms with Crippen LogP contribution < -0.4 is 16.4 Å². The highest BCUT2D eigenvalue weighted by Crippen LogP contribution is 2.38. The summed E-state index contributed by atoms with van der Waals surface area (Å²) in [5, 5.41) is 6.61. The first-order valence-corrected chi connectivity index (χ1v) is 23.0. The van der Waals surface area contributed by atoms with Crippen molar-refractivity contribution in [3.8, 4) is 45.3 Å². The molecule has 0 amide bonds. The van der Waals surface area contributed by atoms with Crippen molar-refractivity contribution in [3.63, 3.8) is 0 Å². The topological polar surface area (TPSA) is 136 Å². The van der Waals surface area contributed by atoms with Crippen molar-refractivity contribution in [2.45, 2.75) is 58.2 Å². The maximum absolute atomic E-state index is 13.5. The summed E-state index contributed by atoms with van der Waals surface area (Å²) >= 11 is 0. The molecule has 17 heteroatoms. The second-order valence-electron chi connectivity index (χ2n) is 16.9. The van der Waals surface area contributed by atoms with Crippen molar-refractivity contribution in [1.29, 1.82) is 0 Å². The first-order chi connectivity index (χ1) is 34.7. The lowest BCUT2D eigenvalue weighted by molar-refractivity contribution is -0.138. The number of fused-ring (bicyclic) bond motifs is 2. The molecule has 0 aliphatic carbocycles. The second kappa shape index (κ2) is 20.5. The fourth-order valence-corrected chi connectivity index (χ4v) is 8.26. The summed E-state index contributed by atoms with van der Waals surface area (Å²) in [7, 11) is 0. The van der Waals surface area contributed by atoms with Crippen LogP contribution in [0, 0.1) is 0 Å². The van der Waals surface area contributed by atoms with Gasteiger partial charge in [-0.05, 0) is 103 Å². The lowest BCUT2D eigenvalue weighted by Crippen LogP contribution is -2.09. The highest BCUT2D eigenvalue weighted by molar-refractivity contribution is 5.82. The molecule has 0 saturated carbocycles. The summed E-state index contributed by atoms with van der Waals surface area (Å²) in [5.74, 6) is 0.811. The zero-order valence-electron chi connectivity index (χ0n) is 39.2. The SMILES string of the molecule is CCc1ccn2c(-c3ccnc(N[C@@H](C)c4ccccc4)n3)c(-c3cccc(C(F)(F)F)c3)nc2c1.C[C@H](Nc1nccc(-c2c(-c3cccc(C(F)(F)F)c3)nc3cc(CN)ccn23)n1)c1ccccc1. The van der Waals surface area contributed by atoms with Gasteiger partial charge in [-0.15, -0.1) is 0 Å². The summed E-state index contributed by atoms with van der Waals surface area (Å²) in [5.41, 5.74) is 13.4. The molecule has 0 radical (unpaired) electrons. The molecule has 72 heavy (non-hydrogen) atoms. The Morgan fingerprint density at radius 3 is 1.36 bits per heavy atom. The molecule has 2 atom stereocenters. The number of pyridine rings is 2. The third-order valence-corrected chi connectivity index (χ3v) is 12.0. The highest BCUT2D eigenvalue weighted by atomic mass is 19.4. The lowest BCUT2D eigenvalue weighted by Gasteiger charge is -2.15. The van der Waals surface area contributed by atoms with Crippen LogP contribution in [0.5, 0.6) is 0 Å². The Morgan fingerprint density at radius 1 is 0.514 bits per heavy atom. The van der Waals surface area contributed by atoms with Crippen LogP contribution in [-0.2, 0) is 25.3 Å². The third kappa shape index (κ3) is 10.7. The Labute approximate surface area is 410 Å². The van der Waals surface area contributed by atoms with Gasteiger partial charge in [-0.25, -0.2) is 29.9 Å². The minimum Gasteiger partial charge on any atom is -0.348 e. The summed E-state index contributed by atoms with van der Waals surface area (Å²) in [4.78, 5) is 27.6. The standard InChI is InChI=1S/C28H24F3N5.C27H23F3N6/c1-3-19-13-15-36-24(16-19)35-25(21-10-7-11-22(17-21)28(29,30)31)26(36)23-12-14-32-27(34-23)33-18(2)20-8-5-4-6-9-20;1-17(19-6-3-2-4-7-19)33-26-32-12-10-22(34-26)25-24(20-8-5-9-21(15-20)27(28,29)30)35-23-14-18(16-31)11-13-36(23)25/h4-18H,3H2,1-2H3,(H,32,33,34);2-15,17H,16,31H2,1H3,(H,32,33,34)/t18-;17-/m00/s1. The molecule has 10 aromatic rings. The number of aromatic nitrogens is 8. The average Bonchev–Trinajstić information content (AvgIpc) is 3.98. The minimum absolute atomic E-state index is 0.0429. The van der Waals surface area contributed by atoms with Gasteiger partial charge in [-0.2, -0.15) is 26.3 Å². The van der Waals surface area contributed by atoms with Gasteiger partial charge in [0.1, 0.15) is 11.3 Å². The van der Waals surface area contributed by atoms with Crippen LogP contribution in [0.1, 0.15) is 66.2 Å². The number of hydrogen-bond acceptors (Lipinski definition) is 9. The molecule has 4 aromatic carbocycles. The predicted molar refractivity (Wildman–Crippen MR) is 268 cm³/mol. The maximum Gasteiger partial charge on any atom is 0.416 e. The molecule has 0 fully saturated rings. The number of alkyl halides is 6. The Hall–Kier alpha value is -8.44. The zero-order chi connectivity index (χ0) is 50.6. The van der Waals surface area contributed by atoms with Crippen LogP contribution >= 0.6 is 0 Å². The Kier molecular flexibility index (Phi) is 13.8. The number of aryl methyl sites for hydroxylation is 1. The molecule has 0 spiro atoms. The van der Waals surface area contributed by atoms with Crippen LogP contribution in [-0.4, -0.2) is 38.7 Å². The summed E-state index contributed by atoms with van der Waals surface area (Å²) in [6.45, 7) is 6.37. The lowest BCUT2D eigenvalue weighted by atomic mass is 10.0. The van der Waals surface area contributed by atoms with E-state index < -0.39 is 23.5 Å². The van der Waals surface area contributed by atoms with E-state index in [4.69, 9.17) is 20.7 Å². The molecule has 4 N–H and O–H groups in total. The number of nitrogens with two attached hydrogens (primary N) is 1. The normalized spacial score (nSPS) is 12.6. The van der Waals surface area contributed by atoms with E-state index in [0.717, 1.165) is 52.9 Å². The van der Waals surface area contributed by atoms with Crippen LogP contribution in [0.15, 0.2) is 170 Å². The van der Waals surface area contributed by atoms with Crippen molar-refractivity contribution < 1.29 is 26.3 Å². The van der Waals surface area contributed by atoms with Gasteiger partial charge in [-0.3, -0.25) is 8.80 Å². The number of imidazole rings is 2. The predicted octanol–water partition coefficient (Wildman–Crippen LogP) is 13.3. The van der Waals surface area contributed by atoms with Gasteiger partial charge in [0.25, 0.3) is 0 Å². The van der Waals surface area contributed by atoms with Crippen molar-refractivity contribution in [2.75, 3.05) is 10.6 Å². The highest BCUT2D eigenvalue weighted by Gasteiger charge is 2.32. The molecule has 364 valence electrons. The van der Waals surface area contributed by atoms with Crippen LogP contribution in [0.3, 0.4) is 0 Å². The van der Waals surface area contributed by atoms with E-state index in [-0.39, 0.29) is 12.1 Å². The first-order valence-electron chi connectivity index (χ1n) is 23.0. The van der Waals surface area contributed by atoms with Crippen molar-refractivity contribution in [3.05, 3.63) is 204 Å². The van der Waals surface area contributed by atoms with Gasteiger partial charge in [0.05, 0.1) is 57.4 Å². The largest absolute Gasteiger partial charge is 0.416 e. The number of hydrogen-bond donors (Lipinski definition) is 3. The third-order valence-electron chi connectivity index (χ3n) is 12.0. The van der Waals surface area contributed by atoms with Crippen LogP contribution in [0.25, 0.3) is 56.6 Å². The van der Waals surface area contributed by atoms with E-state index in [1.807, 2.05) is 121 Å². The maximum atomic E-state index is 13.5. The zero-order valence-corrected chi connectivity index (χ0v) is 39.2. The number of rotatable bonds is 12. The van der Waals surface area contributed by atoms with E-state index in [2.05, 4.69) is 25.6 Å². The molecule has 6 aromatic heterocycles. The first kappa shape index (κ1) is 48.6. The van der Waals surface area contributed by atoms with E-state index in [1.54, 1.807) is 42.9 Å². The summed E-state index contributed by atoms with van der Waals surface area (Å²) < 4.78 is 84.4. The monoisotopic (exact) mass is 975 g/mol. The van der Waals surface area contributed by atoms with Gasteiger partial charge in [0, 0.05) is 42.5 Å². The molecule has 0 aliphatic rings.